The van der Waals surface area contributed by atoms with Crippen LogP contribution in [0.5, 0.6) is 0 Å². The van der Waals surface area contributed by atoms with E-state index in [-0.39, 0.29) is 0 Å². The Bertz CT molecular complexity index is 486. The van der Waals surface area contributed by atoms with Crippen molar-refractivity contribution in [1.29, 1.82) is 0 Å². The van der Waals surface area contributed by atoms with Crippen LogP contribution >= 0.6 is 0 Å². The molecule has 2 aromatic rings. The maximum Gasteiger partial charge on any atom is 0.0400 e. The number of para-hydroxylation sites is 1. The molecule has 2 N–H and O–H groups in total. The Hall–Kier alpha value is -1.80. The van der Waals surface area contributed by atoms with Crippen molar-refractivity contribution >= 4 is 5.69 Å². The second-order valence-corrected chi connectivity index (χ2v) is 4.86. The van der Waals surface area contributed by atoms with Crippen LogP contribution in [0.4, 0.5) is 5.69 Å². The van der Waals surface area contributed by atoms with Crippen molar-refractivity contribution in [1.82, 2.24) is 5.32 Å². The number of nitrogens with one attached hydrogen (secondary N) is 2. The molecule has 2 aromatic carbocycles. The highest BCUT2D eigenvalue weighted by molar-refractivity contribution is 5.56. The predicted molar refractivity (Wildman–Crippen MR) is 82.6 cm³/mol. The van der Waals surface area contributed by atoms with E-state index in [2.05, 4.69) is 66.9 Å². The average Bonchev–Trinajstić information content (AvgIpc) is 2.42. The average molecular weight is 254 g/mol. The third-order valence-electron chi connectivity index (χ3n) is 3.26. The fourth-order valence-electron chi connectivity index (χ4n) is 2.20. The van der Waals surface area contributed by atoms with Crippen LogP contribution in [0.15, 0.2) is 48.5 Å². The molecule has 0 atom stereocenters. The molecule has 0 bridgehead atoms. The van der Waals surface area contributed by atoms with E-state index in [0.717, 1.165) is 19.6 Å². The van der Waals surface area contributed by atoms with Crippen LogP contribution in [0.1, 0.15) is 16.7 Å². The third kappa shape index (κ3) is 4.11. The molecule has 0 aliphatic heterocycles. The van der Waals surface area contributed by atoms with Crippen LogP contribution in [0.25, 0.3) is 0 Å². The summed E-state index contributed by atoms with van der Waals surface area (Å²) in [6.07, 6.45) is 0. The highest BCUT2D eigenvalue weighted by atomic mass is 14.9. The summed E-state index contributed by atoms with van der Waals surface area (Å²) in [4.78, 5) is 0. The number of benzene rings is 2. The molecule has 100 valence electrons. The van der Waals surface area contributed by atoms with E-state index >= 15 is 0 Å². The molecule has 0 unspecified atom stereocenters. The molecule has 0 aliphatic rings. The molecule has 0 spiro atoms. The molecule has 2 heteroatoms. The summed E-state index contributed by atoms with van der Waals surface area (Å²) in [6.45, 7) is 7.12. The van der Waals surface area contributed by atoms with E-state index in [9.17, 15) is 0 Å². The summed E-state index contributed by atoms with van der Waals surface area (Å²) in [5, 5.41) is 6.95. The van der Waals surface area contributed by atoms with Gasteiger partial charge in [0.15, 0.2) is 0 Å². The Balaban J connectivity index is 1.73. The van der Waals surface area contributed by atoms with E-state index in [1.54, 1.807) is 0 Å². The minimum Gasteiger partial charge on any atom is -0.383 e. The van der Waals surface area contributed by atoms with Crippen LogP contribution in [0.3, 0.4) is 0 Å². The standard InChI is InChI=1S/C17H22N2/c1-14-7-6-8-15(2)17(14)19-12-11-18-13-16-9-4-3-5-10-16/h3-10,18-19H,11-13H2,1-2H3. The number of hydrogen-bond acceptors (Lipinski definition) is 2. The van der Waals surface area contributed by atoms with Crippen LogP contribution < -0.4 is 10.6 Å². The summed E-state index contributed by atoms with van der Waals surface area (Å²) in [5.41, 5.74) is 5.21. The largest absolute Gasteiger partial charge is 0.383 e. The molecule has 2 nitrogen and oxygen atoms in total. The highest BCUT2D eigenvalue weighted by Gasteiger charge is 2.00. The minimum absolute atomic E-state index is 0.926. The first-order valence-corrected chi connectivity index (χ1v) is 6.82. The molecular formula is C17H22N2. The highest BCUT2D eigenvalue weighted by Crippen LogP contribution is 2.18. The smallest absolute Gasteiger partial charge is 0.0400 e. The summed E-state index contributed by atoms with van der Waals surface area (Å²) in [7, 11) is 0. The van der Waals surface area contributed by atoms with Gasteiger partial charge < -0.3 is 10.6 Å². The van der Waals surface area contributed by atoms with E-state index in [4.69, 9.17) is 0 Å². The monoisotopic (exact) mass is 254 g/mol. The van der Waals surface area contributed by atoms with Crippen LogP contribution in [-0.2, 0) is 6.54 Å². The number of aryl methyl sites for hydroxylation is 2. The fraction of sp³-hybridized carbons (Fsp3) is 0.294. The van der Waals surface area contributed by atoms with E-state index in [1.807, 2.05) is 6.07 Å². The van der Waals surface area contributed by atoms with Gasteiger partial charge in [-0.05, 0) is 30.5 Å². The zero-order valence-corrected chi connectivity index (χ0v) is 11.7. The molecule has 0 aliphatic carbocycles. The zero-order valence-electron chi connectivity index (χ0n) is 11.7. The quantitative estimate of drug-likeness (QED) is 0.771. The van der Waals surface area contributed by atoms with Gasteiger partial charge in [0.25, 0.3) is 0 Å². The molecular weight excluding hydrogens is 232 g/mol. The summed E-state index contributed by atoms with van der Waals surface area (Å²) in [6, 6.07) is 16.9. The number of anilines is 1. The lowest BCUT2D eigenvalue weighted by atomic mass is 10.1. The van der Waals surface area contributed by atoms with Crippen molar-refractivity contribution in [2.75, 3.05) is 18.4 Å². The van der Waals surface area contributed by atoms with Crippen molar-refractivity contribution in [3.8, 4) is 0 Å². The lowest BCUT2D eigenvalue weighted by molar-refractivity contribution is 0.706. The van der Waals surface area contributed by atoms with Crippen molar-refractivity contribution in [2.24, 2.45) is 0 Å². The predicted octanol–water partition coefficient (Wildman–Crippen LogP) is 3.51. The topological polar surface area (TPSA) is 24.1 Å². The molecule has 19 heavy (non-hydrogen) atoms. The van der Waals surface area contributed by atoms with Gasteiger partial charge in [-0.1, -0.05) is 48.5 Å². The molecule has 0 fully saturated rings. The van der Waals surface area contributed by atoms with E-state index < -0.39 is 0 Å². The first-order valence-electron chi connectivity index (χ1n) is 6.82. The molecule has 2 rings (SSSR count). The second kappa shape index (κ2) is 6.95. The first kappa shape index (κ1) is 13.6. The van der Waals surface area contributed by atoms with Gasteiger partial charge in [-0.15, -0.1) is 0 Å². The van der Waals surface area contributed by atoms with Gasteiger partial charge in [-0.3, -0.25) is 0 Å². The Kier molecular flexibility index (Phi) is 4.99. The molecule has 0 amide bonds. The SMILES string of the molecule is Cc1cccc(C)c1NCCNCc1ccccc1. The molecule has 0 saturated carbocycles. The van der Waals surface area contributed by atoms with Gasteiger partial charge in [0.05, 0.1) is 0 Å². The lowest BCUT2D eigenvalue weighted by Crippen LogP contribution is -2.22. The molecule has 0 aromatic heterocycles. The Morgan fingerprint density at radius 2 is 1.47 bits per heavy atom. The minimum atomic E-state index is 0.926. The fourth-order valence-corrected chi connectivity index (χ4v) is 2.20. The second-order valence-electron chi connectivity index (χ2n) is 4.86. The molecule has 0 saturated heterocycles. The van der Waals surface area contributed by atoms with Crippen LogP contribution in [0, 0.1) is 13.8 Å². The summed E-state index contributed by atoms with van der Waals surface area (Å²) < 4.78 is 0. The van der Waals surface area contributed by atoms with Crippen LogP contribution in [-0.4, -0.2) is 13.1 Å². The Morgan fingerprint density at radius 1 is 0.789 bits per heavy atom. The van der Waals surface area contributed by atoms with Gasteiger partial charge in [0.2, 0.25) is 0 Å². The third-order valence-corrected chi connectivity index (χ3v) is 3.26. The van der Waals surface area contributed by atoms with Crippen molar-refractivity contribution in [3.63, 3.8) is 0 Å². The maximum absolute atomic E-state index is 3.50. The molecule has 0 heterocycles. The van der Waals surface area contributed by atoms with Crippen LogP contribution in [0.2, 0.25) is 0 Å². The number of hydrogen-bond donors (Lipinski definition) is 2. The first-order chi connectivity index (χ1) is 9.27. The van der Waals surface area contributed by atoms with E-state index in [0.29, 0.717) is 0 Å². The van der Waals surface area contributed by atoms with Crippen molar-refractivity contribution in [2.45, 2.75) is 20.4 Å². The van der Waals surface area contributed by atoms with Crippen molar-refractivity contribution < 1.29 is 0 Å². The van der Waals surface area contributed by atoms with Gasteiger partial charge in [-0.2, -0.15) is 0 Å². The summed E-state index contributed by atoms with van der Waals surface area (Å²) in [5.74, 6) is 0. The van der Waals surface area contributed by atoms with E-state index in [1.165, 1.54) is 22.4 Å². The lowest BCUT2D eigenvalue weighted by Gasteiger charge is -2.13. The van der Waals surface area contributed by atoms with Gasteiger partial charge >= 0.3 is 0 Å². The zero-order chi connectivity index (χ0) is 13.5. The summed E-state index contributed by atoms with van der Waals surface area (Å²) >= 11 is 0. The Labute approximate surface area is 115 Å². The molecule has 0 radical (unpaired) electrons. The maximum atomic E-state index is 3.50. The number of rotatable bonds is 6. The van der Waals surface area contributed by atoms with Crippen molar-refractivity contribution in [3.05, 3.63) is 65.2 Å². The normalized spacial score (nSPS) is 10.4. The van der Waals surface area contributed by atoms with Gasteiger partial charge in [0, 0.05) is 25.3 Å². The Morgan fingerprint density at radius 3 is 2.16 bits per heavy atom. The van der Waals surface area contributed by atoms with Gasteiger partial charge in [-0.25, -0.2) is 0 Å². The van der Waals surface area contributed by atoms with Gasteiger partial charge in [0.1, 0.15) is 0 Å².